The van der Waals surface area contributed by atoms with Crippen molar-refractivity contribution in [1.29, 1.82) is 0 Å². The largest absolute Gasteiger partial charge is 0.129 e. The normalized spacial score (nSPS) is 14.6. The summed E-state index contributed by atoms with van der Waals surface area (Å²) in [5.41, 5.74) is 5.90. The maximum atomic E-state index is 3.51. The third-order valence-corrected chi connectivity index (χ3v) is 6.21. The first-order valence-corrected chi connectivity index (χ1v) is 17.3. The lowest BCUT2D eigenvalue weighted by Crippen LogP contribution is -2.24. The van der Waals surface area contributed by atoms with Crippen LogP contribution < -0.4 is 0 Å². The van der Waals surface area contributed by atoms with E-state index in [9.17, 15) is 0 Å². The topological polar surface area (TPSA) is 0 Å². The standard InChI is InChI=1S/C15H30Si3/c1-16(2,3)13-10-11-15(18(7,8)9)12-14-17(4,5)6/h10-11,13H,1-9H3/b13-10+,15-11+. The van der Waals surface area contributed by atoms with Gasteiger partial charge in [0.05, 0.1) is 16.1 Å². The van der Waals surface area contributed by atoms with E-state index in [1.165, 1.54) is 5.20 Å². The van der Waals surface area contributed by atoms with E-state index in [-0.39, 0.29) is 0 Å². The van der Waals surface area contributed by atoms with Gasteiger partial charge in [0.15, 0.2) is 0 Å². The molecule has 18 heavy (non-hydrogen) atoms. The summed E-state index contributed by atoms with van der Waals surface area (Å²) in [5, 5.41) is 1.39. The molecule has 0 fully saturated rings. The van der Waals surface area contributed by atoms with Gasteiger partial charge in [-0.15, -0.1) is 5.54 Å². The average molecular weight is 295 g/mol. The third-order valence-electron chi connectivity index (χ3n) is 2.24. The van der Waals surface area contributed by atoms with Gasteiger partial charge in [0, 0.05) is 0 Å². The fourth-order valence-electron chi connectivity index (χ4n) is 1.17. The molecule has 0 aromatic rings. The first-order valence-electron chi connectivity index (χ1n) is 6.74. The van der Waals surface area contributed by atoms with Crippen molar-refractivity contribution in [1.82, 2.24) is 0 Å². The van der Waals surface area contributed by atoms with Crippen molar-refractivity contribution in [3.8, 4) is 11.5 Å². The van der Waals surface area contributed by atoms with E-state index in [1.54, 1.807) is 0 Å². The molecule has 0 heterocycles. The molecule has 0 N–H and O–H groups in total. The third kappa shape index (κ3) is 9.69. The number of rotatable bonds is 3. The lowest BCUT2D eigenvalue weighted by Gasteiger charge is -2.16. The van der Waals surface area contributed by atoms with Crippen molar-refractivity contribution in [2.75, 3.05) is 0 Å². The number of allylic oxidation sites excluding steroid dienone is 3. The van der Waals surface area contributed by atoms with Crippen LogP contribution in [0.2, 0.25) is 58.9 Å². The van der Waals surface area contributed by atoms with E-state index in [4.69, 9.17) is 0 Å². The maximum Gasteiger partial charge on any atom is 0.129 e. The van der Waals surface area contributed by atoms with E-state index < -0.39 is 24.2 Å². The van der Waals surface area contributed by atoms with Crippen LogP contribution in [0.5, 0.6) is 0 Å². The van der Waals surface area contributed by atoms with Crippen LogP contribution >= 0.6 is 0 Å². The summed E-state index contributed by atoms with van der Waals surface area (Å²) in [6.07, 6.45) is 4.52. The molecule has 0 aliphatic carbocycles. The molecule has 0 saturated carbocycles. The van der Waals surface area contributed by atoms with Crippen LogP contribution in [-0.4, -0.2) is 24.2 Å². The maximum absolute atomic E-state index is 3.51. The molecule has 0 atom stereocenters. The Kier molecular flexibility index (Phi) is 6.12. The van der Waals surface area contributed by atoms with E-state index in [2.05, 4.69) is 88.2 Å². The summed E-state index contributed by atoms with van der Waals surface area (Å²) in [5.74, 6) is 3.48. The monoisotopic (exact) mass is 294 g/mol. The van der Waals surface area contributed by atoms with E-state index in [0.29, 0.717) is 0 Å². The molecule has 3 heteroatoms. The predicted molar refractivity (Wildman–Crippen MR) is 95.0 cm³/mol. The molecule has 0 radical (unpaired) electrons. The quantitative estimate of drug-likeness (QED) is 0.386. The van der Waals surface area contributed by atoms with Gasteiger partial charge in [-0.2, -0.15) is 0 Å². The molecule has 0 aromatic carbocycles. The van der Waals surface area contributed by atoms with Crippen LogP contribution in [0, 0.1) is 11.5 Å². The Morgan fingerprint density at radius 3 is 1.67 bits per heavy atom. The van der Waals surface area contributed by atoms with Crippen molar-refractivity contribution >= 4 is 24.2 Å². The Bertz CT molecular complexity index is 385. The van der Waals surface area contributed by atoms with Gasteiger partial charge in [0.25, 0.3) is 0 Å². The molecular weight excluding hydrogens is 264 g/mol. The smallest absolute Gasteiger partial charge is 0.127 e. The summed E-state index contributed by atoms with van der Waals surface area (Å²) in [7, 11) is -3.67. The molecule has 0 amide bonds. The van der Waals surface area contributed by atoms with Crippen LogP contribution in [0.25, 0.3) is 0 Å². The highest BCUT2D eigenvalue weighted by Crippen LogP contribution is 2.15. The number of hydrogen-bond acceptors (Lipinski definition) is 0. The Labute approximate surface area is 118 Å². The highest BCUT2D eigenvalue weighted by atomic mass is 28.3. The second kappa shape index (κ2) is 6.23. The lowest BCUT2D eigenvalue weighted by atomic mass is 10.5. The predicted octanol–water partition coefficient (Wildman–Crippen LogP) is 5.10. The fourth-order valence-corrected chi connectivity index (χ4v) is 3.51. The first-order chi connectivity index (χ1) is 7.81. The summed E-state index contributed by atoms with van der Waals surface area (Å²) < 4.78 is 0. The second-order valence-corrected chi connectivity index (χ2v) is 22.9. The van der Waals surface area contributed by atoms with Crippen LogP contribution in [0.1, 0.15) is 0 Å². The zero-order valence-electron chi connectivity index (χ0n) is 13.7. The summed E-state index contributed by atoms with van der Waals surface area (Å²) in [4.78, 5) is 0. The Balaban J connectivity index is 5.21. The fraction of sp³-hybridized carbons (Fsp3) is 0.600. The molecule has 0 aliphatic rings. The van der Waals surface area contributed by atoms with Gasteiger partial charge < -0.3 is 0 Å². The van der Waals surface area contributed by atoms with E-state index >= 15 is 0 Å². The minimum absolute atomic E-state index is 1.09. The molecule has 0 spiro atoms. The van der Waals surface area contributed by atoms with Crippen molar-refractivity contribution in [3.05, 3.63) is 23.0 Å². The van der Waals surface area contributed by atoms with Gasteiger partial charge in [0.1, 0.15) is 8.07 Å². The van der Waals surface area contributed by atoms with Crippen LogP contribution in [0.4, 0.5) is 0 Å². The zero-order valence-corrected chi connectivity index (χ0v) is 16.7. The number of hydrogen-bond donors (Lipinski definition) is 0. The Morgan fingerprint density at radius 1 is 0.833 bits per heavy atom. The van der Waals surface area contributed by atoms with Gasteiger partial charge in [-0.1, -0.05) is 82.7 Å². The van der Waals surface area contributed by atoms with Gasteiger partial charge in [-0.05, 0) is 5.20 Å². The van der Waals surface area contributed by atoms with Gasteiger partial charge >= 0.3 is 0 Å². The van der Waals surface area contributed by atoms with Gasteiger partial charge in [-0.3, -0.25) is 0 Å². The molecule has 0 rings (SSSR count). The minimum atomic E-state index is -1.31. The Hall–Kier alpha value is -0.309. The second-order valence-electron chi connectivity index (χ2n) is 8.06. The van der Waals surface area contributed by atoms with Crippen LogP contribution in [-0.2, 0) is 0 Å². The zero-order chi connectivity index (χ0) is 14.6. The molecule has 0 nitrogen and oxygen atoms in total. The van der Waals surface area contributed by atoms with Crippen molar-refractivity contribution in [2.45, 2.75) is 58.9 Å². The van der Waals surface area contributed by atoms with Crippen LogP contribution in [0.15, 0.2) is 23.0 Å². The SMILES string of the molecule is C[Si](C)(C)C#C/C(=C\C=C\[Si](C)(C)C)[Si](C)(C)C. The summed E-state index contributed by atoms with van der Waals surface area (Å²) in [6.45, 7) is 21.1. The lowest BCUT2D eigenvalue weighted by molar-refractivity contribution is 1.67. The summed E-state index contributed by atoms with van der Waals surface area (Å²) in [6, 6.07) is 0. The molecule has 0 aromatic heterocycles. The molecular formula is C15H30Si3. The molecule has 0 unspecified atom stereocenters. The van der Waals surface area contributed by atoms with Crippen molar-refractivity contribution in [2.24, 2.45) is 0 Å². The molecule has 0 aliphatic heterocycles. The van der Waals surface area contributed by atoms with Crippen molar-refractivity contribution < 1.29 is 0 Å². The highest BCUT2D eigenvalue weighted by Gasteiger charge is 2.18. The Morgan fingerprint density at radius 2 is 1.33 bits per heavy atom. The summed E-state index contributed by atoms with van der Waals surface area (Å²) >= 11 is 0. The molecule has 0 bridgehead atoms. The van der Waals surface area contributed by atoms with Gasteiger partial charge in [-0.25, -0.2) is 0 Å². The van der Waals surface area contributed by atoms with Gasteiger partial charge in [0.2, 0.25) is 0 Å². The van der Waals surface area contributed by atoms with Crippen molar-refractivity contribution in [3.63, 3.8) is 0 Å². The molecule has 102 valence electrons. The van der Waals surface area contributed by atoms with E-state index in [0.717, 1.165) is 0 Å². The van der Waals surface area contributed by atoms with Crippen LogP contribution in [0.3, 0.4) is 0 Å². The highest BCUT2D eigenvalue weighted by molar-refractivity contribution is 6.86. The minimum Gasteiger partial charge on any atom is -0.127 e. The van der Waals surface area contributed by atoms with E-state index in [1.807, 2.05) is 0 Å². The first kappa shape index (κ1) is 17.7. The average Bonchev–Trinajstić information content (AvgIpc) is 2.04. The molecule has 0 saturated heterocycles.